The first kappa shape index (κ1) is 10.2. The van der Waals surface area contributed by atoms with Gasteiger partial charge in [-0.15, -0.1) is 0 Å². The van der Waals surface area contributed by atoms with Crippen molar-refractivity contribution < 1.29 is 0 Å². The van der Waals surface area contributed by atoms with Crippen molar-refractivity contribution in [2.24, 2.45) is 5.73 Å². The van der Waals surface area contributed by atoms with Gasteiger partial charge < -0.3 is 11.1 Å². The molecule has 0 saturated carbocycles. The molecule has 13 heavy (non-hydrogen) atoms. The summed E-state index contributed by atoms with van der Waals surface area (Å²) in [6.07, 6.45) is 3.70. The minimum Gasteiger partial charge on any atom is -0.329 e. The zero-order valence-corrected chi connectivity index (χ0v) is 8.25. The molecule has 0 saturated heterocycles. The largest absolute Gasteiger partial charge is 0.329 e. The fourth-order valence-electron chi connectivity index (χ4n) is 1.07. The van der Waals surface area contributed by atoms with E-state index in [1.807, 2.05) is 18.5 Å². The minimum absolute atomic E-state index is 0.368. The molecule has 0 aliphatic heterocycles. The van der Waals surface area contributed by atoms with E-state index in [-0.39, 0.29) is 0 Å². The van der Waals surface area contributed by atoms with Crippen LogP contribution >= 0.6 is 0 Å². The van der Waals surface area contributed by atoms with Crippen molar-refractivity contribution >= 4 is 0 Å². The molecule has 0 bridgehead atoms. The number of hydrogen-bond acceptors (Lipinski definition) is 3. The van der Waals surface area contributed by atoms with Crippen LogP contribution in [0.4, 0.5) is 0 Å². The van der Waals surface area contributed by atoms with Gasteiger partial charge in [0.1, 0.15) is 0 Å². The van der Waals surface area contributed by atoms with Crippen molar-refractivity contribution in [3.8, 4) is 0 Å². The number of aryl methyl sites for hydroxylation is 1. The zero-order chi connectivity index (χ0) is 9.68. The molecule has 1 aromatic heterocycles. The van der Waals surface area contributed by atoms with Gasteiger partial charge >= 0.3 is 0 Å². The molecule has 0 spiro atoms. The van der Waals surface area contributed by atoms with Gasteiger partial charge in [0.25, 0.3) is 0 Å². The number of hydrogen-bond donors (Lipinski definition) is 2. The van der Waals surface area contributed by atoms with Gasteiger partial charge in [-0.25, -0.2) is 0 Å². The van der Waals surface area contributed by atoms with Gasteiger partial charge in [0, 0.05) is 31.5 Å². The summed E-state index contributed by atoms with van der Waals surface area (Å²) in [7, 11) is 0. The van der Waals surface area contributed by atoms with Crippen LogP contribution < -0.4 is 11.1 Å². The molecule has 1 heterocycles. The first-order chi connectivity index (χ1) is 6.24. The number of nitrogens with zero attached hydrogens (tertiary/aromatic N) is 1. The van der Waals surface area contributed by atoms with E-state index >= 15 is 0 Å². The second kappa shape index (κ2) is 4.94. The van der Waals surface area contributed by atoms with Crippen molar-refractivity contribution in [1.29, 1.82) is 0 Å². The molecule has 0 amide bonds. The first-order valence-corrected chi connectivity index (χ1v) is 4.57. The van der Waals surface area contributed by atoms with E-state index in [0.29, 0.717) is 12.6 Å². The van der Waals surface area contributed by atoms with Gasteiger partial charge in [-0.3, -0.25) is 4.98 Å². The minimum atomic E-state index is 0.368. The summed E-state index contributed by atoms with van der Waals surface area (Å²) in [6.45, 7) is 5.69. The third kappa shape index (κ3) is 3.13. The Morgan fingerprint density at radius 3 is 3.00 bits per heavy atom. The summed E-state index contributed by atoms with van der Waals surface area (Å²) in [5, 5.41) is 3.34. The normalized spacial score (nSPS) is 12.8. The maximum absolute atomic E-state index is 5.50. The van der Waals surface area contributed by atoms with Gasteiger partial charge in [-0.1, -0.05) is 0 Å². The lowest BCUT2D eigenvalue weighted by molar-refractivity contribution is 0.555. The Labute approximate surface area is 79.4 Å². The molecule has 1 unspecified atom stereocenters. The Morgan fingerprint density at radius 2 is 2.38 bits per heavy atom. The second-order valence-electron chi connectivity index (χ2n) is 3.32. The third-order valence-corrected chi connectivity index (χ3v) is 2.13. The molecule has 1 aromatic rings. The summed E-state index contributed by atoms with van der Waals surface area (Å²) in [4.78, 5) is 4.04. The maximum atomic E-state index is 5.50. The van der Waals surface area contributed by atoms with Crippen LogP contribution in [-0.4, -0.2) is 17.6 Å². The van der Waals surface area contributed by atoms with E-state index in [1.165, 1.54) is 11.1 Å². The lowest BCUT2D eigenvalue weighted by Gasteiger charge is -2.12. The standard InChI is InChI=1S/C10H17N3/c1-8-6-12-4-3-10(8)7-13-9(2)5-11/h3-4,6,9,13H,5,7,11H2,1-2H3. The summed E-state index contributed by atoms with van der Waals surface area (Å²) >= 11 is 0. The highest BCUT2D eigenvalue weighted by Gasteiger charge is 2.00. The van der Waals surface area contributed by atoms with E-state index in [1.54, 1.807) is 0 Å². The van der Waals surface area contributed by atoms with E-state index in [9.17, 15) is 0 Å². The molecular weight excluding hydrogens is 162 g/mol. The van der Waals surface area contributed by atoms with E-state index in [4.69, 9.17) is 5.73 Å². The number of pyridine rings is 1. The molecule has 1 atom stereocenters. The number of nitrogens with two attached hydrogens (primary N) is 1. The highest BCUT2D eigenvalue weighted by molar-refractivity contribution is 5.21. The van der Waals surface area contributed by atoms with Crippen LogP contribution in [0.5, 0.6) is 0 Å². The molecule has 3 heteroatoms. The third-order valence-electron chi connectivity index (χ3n) is 2.13. The topological polar surface area (TPSA) is 50.9 Å². The van der Waals surface area contributed by atoms with Crippen molar-refractivity contribution in [1.82, 2.24) is 10.3 Å². The first-order valence-electron chi connectivity index (χ1n) is 4.57. The van der Waals surface area contributed by atoms with Crippen LogP contribution in [0.3, 0.4) is 0 Å². The fraction of sp³-hybridized carbons (Fsp3) is 0.500. The predicted octanol–water partition coefficient (Wildman–Crippen LogP) is 0.827. The Morgan fingerprint density at radius 1 is 1.62 bits per heavy atom. The fourth-order valence-corrected chi connectivity index (χ4v) is 1.07. The van der Waals surface area contributed by atoms with E-state index in [2.05, 4.69) is 24.1 Å². The second-order valence-corrected chi connectivity index (χ2v) is 3.32. The van der Waals surface area contributed by atoms with Crippen LogP contribution in [0.15, 0.2) is 18.5 Å². The van der Waals surface area contributed by atoms with Gasteiger partial charge in [-0.2, -0.15) is 0 Å². The summed E-state index contributed by atoms with van der Waals surface area (Å²) in [5.41, 5.74) is 8.01. The summed E-state index contributed by atoms with van der Waals surface area (Å²) in [5.74, 6) is 0. The van der Waals surface area contributed by atoms with Crippen LogP contribution in [0.25, 0.3) is 0 Å². The van der Waals surface area contributed by atoms with Crippen molar-refractivity contribution in [3.63, 3.8) is 0 Å². The average Bonchev–Trinajstić information content (AvgIpc) is 2.16. The smallest absolute Gasteiger partial charge is 0.0300 e. The molecule has 0 radical (unpaired) electrons. The summed E-state index contributed by atoms with van der Waals surface area (Å²) < 4.78 is 0. The van der Waals surface area contributed by atoms with Gasteiger partial charge in [0.05, 0.1) is 0 Å². The monoisotopic (exact) mass is 179 g/mol. The highest BCUT2D eigenvalue weighted by atomic mass is 14.9. The van der Waals surface area contributed by atoms with Crippen molar-refractivity contribution in [2.45, 2.75) is 26.4 Å². The SMILES string of the molecule is Cc1cnccc1CNC(C)CN. The molecule has 72 valence electrons. The van der Waals surface area contributed by atoms with Gasteiger partial charge in [0.2, 0.25) is 0 Å². The van der Waals surface area contributed by atoms with Crippen molar-refractivity contribution in [2.75, 3.05) is 6.54 Å². The lowest BCUT2D eigenvalue weighted by atomic mass is 10.1. The molecule has 3 N–H and O–H groups in total. The maximum Gasteiger partial charge on any atom is 0.0300 e. The quantitative estimate of drug-likeness (QED) is 0.719. The van der Waals surface area contributed by atoms with Gasteiger partial charge in [0.15, 0.2) is 0 Å². The Kier molecular flexibility index (Phi) is 3.86. The highest BCUT2D eigenvalue weighted by Crippen LogP contribution is 2.04. The van der Waals surface area contributed by atoms with Crippen LogP contribution in [-0.2, 0) is 6.54 Å². The lowest BCUT2D eigenvalue weighted by Crippen LogP contribution is -2.32. The number of nitrogens with one attached hydrogen (secondary N) is 1. The predicted molar refractivity (Wildman–Crippen MR) is 54.3 cm³/mol. The van der Waals surface area contributed by atoms with Gasteiger partial charge in [-0.05, 0) is 31.0 Å². The van der Waals surface area contributed by atoms with Crippen LogP contribution in [0.1, 0.15) is 18.1 Å². The Bertz CT molecular complexity index is 260. The molecule has 0 aromatic carbocycles. The Hall–Kier alpha value is -0.930. The Balaban J connectivity index is 2.50. The van der Waals surface area contributed by atoms with Crippen molar-refractivity contribution in [3.05, 3.63) is 29.6 Å². The molecule has 3 nitrogen and oxygen atoms in total. The van der Waals surface area contributed by atoms with E-state index in [0.717, 1.165) is 6.54 Å². The van der Waals surface area contributed by atoms with E-state index < -0.39 is 0 Å². The molecular formula is C10H17N3. The number of rotatable bonds is 4. The molecule has 0 aliphatic rings. The van der Waals surface area contributed by atoms with Crippen LogP contribution in [0, 0.1) is 6.92 Å². The molecule has 0 fully saturated rings. The molecule has 1 rings (SSSR count). The average molecular weight is 179 g/mol. The van der Waals surface area contributed by atoms with Crippen LogP contribution in [0.2, 0.25) is 0 Å². The number of aromatic nitrogens is 1. The molecule has 0 aliphatic carbocycles. The zero-order valence-electron chi connectivity index (χ0n) is 8.25. The summed E-state index contributed by atoms with van der Waals surface area (Å²) in [6, 6.07) is 2.40.